The van der Waals surface area contributed by atoms with E-state index in [9.17, 15) is 18.8 Å². The second-order valence-electron chi connectivity index (χ2n) is 12.0. The fraction of sp³-hybridized carbons (Fsp3) is 0.433. The average Bonchev–Trinajstić information content (AvgIpc) is 3.59. The largest absolute Gasteiger partial charge is 0.462 e. The maximum atomic E-state index is 16.6. The van der Waals surface area contributed by atoms with Gasteiger partial charge in [-0.2, -0.15) is 10.2 Å². The molecule has 1 atom stereocenters. The number of fused-ring (bicyclic) bond motifs is 4. The summed E-state index contributed by atoms with van der Waals surface area (Å²) in [6.07, 6.45) is 0.829. The molecule has 1 aromatic carbocycles. The highest BCUT2D eigenvalue weighted by atomic mass is 32.1. The van der Waals surface area contributed by atoms with Crippen LogP contribution in [0.15, 0.2) is 12.4 Å². The molecular weight excluding hydrogens is 616 g/mol. The van der Waals surface area contributed by atoms with Crippen molar-refractivity contribution in [3.8, 4) is 23.3 Å². The van der Waals surface area contributed by atoms with Gasteiger partial charge >= 0.3 is 12.1 Å². The lowest BCUT2D eigenvalue weighted by Gasteiger charge is -2.36. The first-order valence-electron chi connectivity index (χ1n) is 14.1. The fourth-order valence-electron chi connectivity index (χ4n) is 5.55. The number of likely N-dealkylation sites (tertiary alicyclic amines) is 1. The number of aromatic nitrogens is 3. The number of hydrogen-bond acceptors (Lipinski definition) is 10. The Balaban J connectivity index is 1.45. The summed E-state index contributed by atoms with van der Waals surface area (Å²) in [6.45, 7) is 5.19. The van der Waals surface area contributed by atoms with E-state index in [0.29, 0.717) is 16.5 Å². The van der Waals surface area contributed by atoms with E-state index >= 15 is 8.78 Å². The van der Waals surface area contributed by atoms with Gasteiger partial charge in [-0.1, -0.05) is 0 Å². The van der Waals surface area contributed by atoms with Crippen molar-refractivity contribution >= 4 is 43.4 Å². The first-order chi connectivity index (χ1) is 21.3. The summed E-state index contributed by atoms with van der Waals surface area (Å²) in [5.74, 6) is -4.41. The lowest BCUT2D eigenvalue weighted by Crippen LogP contribution is -2.47. The maximum Gasteiger partial charge on any atom is 0.412 e. The minimum Gasteiger partial charge on any atom is -0.462 e. The van der Waals surface area contributed by atoms with Gasteiger partial charge in [-0.3, -0.25) is 15.2 Å². The Bertz CT molecular complexity index is 1890. The number of nitriles is 1. The van der Waals surface area contributed by atoms with E-state index in [-0.39, 0.29) is 82.6 Å². The van der Waals surface area contributed by atoms with Crippen LogP contribution < -0.4 is 10.1 Å². The molecule has 5 heterocycles. The molecule has 0 unspecified atom stereocenters. The smallest absolute Gasteiger partial charge is 0.412 e. The van der Waals surface area contributed by atoms with Crippen molar-refractivity contribution in [2.24, 2.45) is 0 Å². The minimum atomic E-state index is -2.81. The molecule has 0 radical (unpaired) electrons. The summed E-state index contributed by atoms with van der Waals surface area (Å²) in [6, 6.07) is 1.19. The number of anilines is 1. The number of hydrogen-bond donors (Lipinski definition) is 1. The van der Waals surface area contributed by atoms with Crippen molar-refractivity contribution in [1.82, 2.24) is 19.9 Å². The van der Waals surface area contributed by atoms with E-state index in [4.69, 9.17) is 14.2 Å². The number of nitrogens with zero attached hydrogens (tertiary/aromatic N) is 5. The molecule has 1 amide bonds. The molecule has 236 valence electrons. The number of carbonyl (C=O) groups excluding carboxylic acids is 1. The number of piperidine rings is 1. The van der Waals surface area contributed by atoms with E-state index < -0.39 is 35.3 Å². The van der Waals surface area contributed by atoms with Crippen molar-refractivity contribution < 1.29 is 36.6 Å². The highest BCUT2D eigenvalue weighted by molar-refractivity contribution is 7.23. The molecule has 0 spiro atoms. The summed E-state index contributed by atoms with van der Waals surface area (Å²) in [7, 11) is 1.73. The Hall–Kier alpha value is -4.13. The van der Waals surface area contributed by atoms with Crippen LogP contribution in [-0.2, 0) is 22.7 Å². The zero-order valence-electron chi connectivity index (χ0n) is 24.8. The summed E-state index contributed by atoms with van der Waals surface area (Å²) in [5.41, 5.74) is -0.154. The van der Waals surface area contributed by atoms with Gasteiger partial charge in [0.1, 0.15) is 28.8 Å². The van der Waals surface area contributed by atoms with E-state index in [1.807, 2.05) is 6.07 Å². The Morgan fingerprint density at radius 2 is 2.00 bits per heavy atom. The molecule has 10 nitrogen and oxygen atoms in total. The second-order valence-corrected chi connectivity index (χ2v) is 13.0. The topological polar surface area (TPSA) is 122 Å². The number of ether oxygens (including phenoxy) is 3. The van der Waals surface area contributed by atoms with Crippen LogP contribution in [0.25, 0.3) is 32.2 Å². The highest BCUT2D eigenvalue weighted by Crippen LogP contribution is 2.46. The van der Waals surface area contributed by atoms with Gasteiger partial charge in [0.25, 0.3) is 5.92 Å². The van der Waals surface area contributed by atoms with Crippen LogP contribution in [0.4, 0.5) is 27.4 Å². The molecule has 3 aromatic heterocycles. The van der Waals surface area contributed by atoms with Crippen molar-refractivity contribution in [2.45, 2.75) is 64.4 Å². The highest BCUT2D eigenvalue weighted by Gasteiger charge is 2.39. The molecule has 1 fully saturated rings. The molecule has 4 aromatic rings. The molecule has 45 heavy (non-hydrogen) atoms. The number of pyridine rings is 1. The molecule has 0 saturated carbocycles. The molecule has 1 saturated heterocycles. The van der Waals surface area contributed by atoms with Gasteiger partial charge in [0, 0.05) is 48.0 Å². The lowest BCUT2D eigenvalue weighted by atomic mass is 9.94. The molecular formula is C30H28F4N6O4S. The Morgan fingerprint density at radius 3 is 2.73 bits per heavy atom. The number of halogens is 4. The SMILES string of the molecule is CN1CCC(F)(F)C[C@H]1COc1ncc2c3c(c(-c4ncc(F)c5sc(NC(=O)OC(C)(C)C)c(C#N)c45)c(F)c2n1)COC3. The molecule has 0 aliphatic carbocycles. The van der Waals surface area contributed by atoms with Gasteiger partial charge < -0.3 is 14.2 Å². The van der Waals surface area contributed by atoms with Crippen molar-refractivity contribution in [3.05, 3.63) is 40.7 Å². The minimum absolute atomic E-state index is 0.00713. The fourth-order valence-corrected chi connectivity index (χ4v) is 6.59. The third-order valence-electron chi connectivity index (χ3n) is 7.70. The van der Waals surface area contributed by atoms with Gasteiger partial charge in [-0.25, -0.2) is 27.3 Å². The van der Waals surface area contributed by atoms with E-state index in [1.165, 1.54) is 6.20 Å². The van der Waals surface area contributed by atoms with E-state index in [1.54, 1.807) is 32.7 Å². The van der Waals surface area contributed by atoms with Crippen LogP contribution in [-0.4, -0.2) is 63.7 Å². The number of thiophene rings is 1. The molecule has 15 heteroatoms. The normalized spacial score (nSPS) is 18.2. The first-order valence-corrected chi connectivity index (χ1v) is 14.9. The van der Waals surface area contributed by atoms with Crippen molar-refractivity contribution in [3.63, 3.8) is 0 Å². The number of rotatable bonds is 5. The monoisotopic (exact) mass is 644 g/mol. The van der Waals surface area contributed by atoms with E-state index in [2.05, 4.69) is 20.3 Å². The number of nitrogens with one attached hydrogen (secondary N) is 1. The lowest BCUT2D eigenvalue weighted by molar-refractivity contribution is -0.0795. The van der Waals surface area contributed by atoms with Crippen LogP contribution in [0.2, 0.25) is 0 Å². The van der Waals surface area contributed by atoms with Crippen LogP contribution in [0.1, 0.15) is 50.3 Å². The summed E-state index contributed by atoms with van der Waals surface area (Å²) < 4.78 is 76.4. The summed E-state index contributed by atoms with van der Waals surface area (Å²) in [5, 5.41) is 13.0. The zero-order chi connectivity index (χ0) is 32.3. The van der Waals surface area contributed by atoms with Gasteiger partial charge in [-0.05, 0) is 38.9 Å². The molecule has 0 bridgehead atoms. The number of benzene rings is 1. The maximum absolute atomic E-state index is 16.6. The summed E-state index contributed by atoms with van der Waals surface area (Å²) >= 11 is 0.797. The van der Waals surface area contributed by atoms with Gasteiger partial charge in [-0.15, -0.1) is 11.3 Å². The Labute approximate surface area is 258 Å². The summed E-state index contributed by atoms with van der Waals surface area (Å²) in [4.78, 5) is 27.0. The average molecular weight is 645 g/mol. The van der Waals surface area contributed by atoms with Crippen LogP contribution in [0.5, 0.6) is 6.01 Å². The Kier molecular flexibility index (Phi) is 7.78. The molecule has 2 aliphatic heterocycles. The number of amides is 1. The zero-order valence-corrected chi connectivity index (χ0v) is 25.6. The number of likely N-dealkylation sites (N-methyl/N-ethyl adjacent to an activating group) is 1. The van der Waals surface area contributed by atoms with Crippen LogP contribution in [0.3, 0.4) is 0 Å². The van der Waals surface area contributed by atoms with Crippen molar-refractivity contribution in [2.75, 3.05) is 25.5 Å². The van der Waals surface area contributed by atoms with Crippen LogP contribution in [0, 0.1) is 23.0 Å². The van der Waals surface area contributed by atoms with Gasteiger partial charge in [0.05, 0.1) is 35.4 Å². The van der Waals surface area contributed by atoms with Crippen LogP contribution >= 0.6 is 11.3 Å². The van der Waals surface area contributed by atoms with Crippen molar-refractivity contribution in [1.29, 1.82) is 5.26 Å². The third-order valence-corrected chi connectivity index (χ3v) is 8.82. The standard InChI is InChI=1S/C30H28F4N6O4S/c1-29(2,3)44-28(41)39-26-15(8-35)21-24(36-10-19(31)25(21)45-26)20-18-13-42-12-17(18)16-9-37-27(38-23(16)22(20)32)43-11-14-7-30(33,34)5-6-40(14)4/h9-10,14H,5-7,11-13H2,1-4H3,(H,39,41)/t14-/m0/s1. The predicted octanol–water partition coefficient (Wildman–Crippen LogP) is 6.54. The molecule has 1 N–H and O–H groups in total. The quantitative estimate of drug-likeness (QED) is 0.241. The van der Waals surface area contributed by atoms with Gasteiger partial charge in [0.15, 0.2) is 11.6 Å². The van der Waals surface area contributed by atoms with E-state index in [0.717, 1.165) is 17.5 Å². The number of alkyl halides is 2. The first kappa shape index (κ1) is 30.9. The van der Waals surface area contributed by atoms with Gasteiger partial charge in [0.2, 0.25) is 0 Å². The predicted molar refractivity (Wildman–Crippen MR) is 157 cm³/mol. The molecule has 6 rings (SSSR count). The Morgan fingerprint density at radius 1 is 1.24 bits per heavy atom. The molecule has 2 aliphatic rings. The third kappa shape index (κ3) is 5.85. The number of carbonyl (C=O) groups is 1. The second kappa shape index (κ2) is 11.3.